The summed E-state index contributed by atoms with van der Waals surface area (Å²) in [4.78, 5) is 47.3. The Morgan fingerprint density at radius 3 is 2.40 bits per heavy atom. The highest BCUT2D eigenvalue weighted by atomic mass is 16.6. The average Bonchev–Trinajstić information content (AvgIpc) is 3.28. The molecular formula is C48H48N4O8. The number of piperidine rings is 3. The van der Waals surface area contributed by atoms with Crippen molar-refractivity contribution in [1.82, 2.24) is 20.2 Å². The summed E-state index contributed by atoms with van der Waals surface area (Å²) in [5, 5.41) is 24.7. The molecule has 4 N–H and O–H groups in total. The lowest BCUT2D eigenvalue weighted by atomic mass is 9.86. The highest BCUT2D eigenvalue weighted by molar-refractivity contribution is 5.89. The summed E-state index contributed by atoms with van der Waals surface area (Å²) in [5.41, 5.74) is 5.29. The lowest BCUT2D eigenvalue weighted by Crippen LogP contribution is -2.52. The molecule has 3 aliphatic heterocycles. The molecule has 4 aromatic carbocycles. The van der Waals surface area contributed by atoms with Crippen LogP contribution in [0.2, 0.25) is 0 Å². The number of aromatic hydroxyl groups is 1. The number of carbonyl (C=O) groups is 2. The molecular weight excluding hydrogens is 761 g/mol. The Kier molecular flexibility index (Phi) is 12.5. The van der Waals surface area contributed by atoms with Gasteiger partial charge in [0.05, 0.1) is 23.2 Å². The number of fused-ring (bicyclic) bond motifs is 4. The third-order valence-corrected chi connectivity index (χ3v) is 11.5. The van der Waals surface area contributed by atoms with Gasteiger partial charge in [0, 0.05) is 35.5 Å². The van der Waals surface area contributed by atoms with Crippen LogP contribution in [0.3, 0.4) is 0 Å². The lowest BCUT2D eigenvalue weighted by Gasteiger charge is -2.43. The number of rotatable bonds is 15. The van der Waals surface area contributed by atoms with Gasteiger partial charge >= 0.3 is 12.1 Å². The molecule has 0 unspecified atom stereocenters. The molecule has 3 saturated heterocycles. The van der Waals surface area contributed by atoms with Crippen LogP contribution < -0.4 is 15.6 Å². The molecule has 12 nitrogen and oxygen atoms in total. The minimum atomic E-state index is -0.781. The smallest absolute Gasteiger partial charge is 0.408 e. The number of aromatic nitrogens is 2. The first-order chi connectivity index (χ1) is 29.3. The Morgan fingerprint density at radius 1 is 0.867 bits per heavy atom. The number of aryl methyl sites for hydroxylation is 1. The lowest BCUT2D eigenvalue weighted by molar-refractivity contribution is -0.0336. The molecule has 0 radical (unpaired) electrons. The zero-order valence-corrected chi connectivity index (χ0v) is 33.2. The standard InChI is InChI=1S/C48H48N4O8/c53-41(39-18-20-42(54)46-40(39)19-21-44(55)50-46)11-5-9-37-17-14-32(27-49-37)30-59-47(56)35-15-12-31(13-16-35)29-58-38-10-4-8-36(26-38)45(34-6-2-1-3-7-34)51-48(57)60-43-28-52-24-22-33(43)23-25-52/h1-4,6-8,10,12-21,26-27,33,41,43,45,53-54H,5,9,11,22-25,28-30H2,(H,50,55)(H,51,57)/t41-,43-,45-/m0/s1. The Labute approximate surface area is 347 Å². The molecule has 3 aliphatic rings. The fourth-order valence-electron chi connectivity index (χ4n) is 8.13. The van der Waals surface area contributed by atoms with Crippen molar-refractivity contribution >= 4 is 23.0 Å². The number of nitrogens with one attached hydrogen (secondary N) is 2. The van der Waals surface area contributed by atoms with Crippen LogP contribution in [0.15, 0.2) is 126 Å². The zero-order valence-electron chi connectivity index (χ0n) is 33.2. The predicted octanol–water partition coefficient (Wildman–Crippen LogP) is 7.53. The van der Waals surface area contributed by atoms with Crippen molar-refractivity contribution in [2.24, 2.45) is 5.92 Å². The number of phenolic OH excluding ortho intramolecular Hbond substituents is 1. The van der Waals surface area contributed by atoms with Crippen molar-refractivity contribution in [3.63, 3.8) is 0 Å². The van der Waals surface area contributed by atoms with E-state index in [1.54, 1.807) is 30.5 Å². The molecule has 0 saturated carbocycles. The van der Waals surface area contributed by atoms with Crippen molar-refractivity contribution in [3.05, 3.63) is 171 Å². The van der Waals surface area contributed by atoms with Gasteiger partial charge in [-0.15, -0.1) is 0 Å². The van der Waals surface area contributed by atoms with Gasteiger partial charge in [-0.3, -0.25) is 14.7 Å². The van der Waals surface area contributed by atoms with Gasteiger partial charge in [-0.25, -0.2) is 9.59 Å². The first kappa shape index (κ1) is 40.3. The van der Waals surface area contributed by atoms with Crippen LogP contribution in [-0.4, -0.2) is 62.9 Å². The van der Waals surface area contributed by atoms with E-state index in [9.17, 15) is 24.6 Å². The van der Waals surface area contributed by atoms with E-state index >= 15 is 0 Å². The van der Waals surface area contributed by atoms with E-state index in [1.165, 1.54) is 12.1 Å². The maximum absolute atomic E-state index is 13.2. The topological polar surface area (TPSA) is 163 Å². The van der Waals surface area contributed by atoms with E-state index in [0.717, 1.165) is 60.4 Å². The Balaban J connectivity index is 0.800. The Bertz CT molecular complexity index is 2470. The summed E-state index contributed by atoms with van der Waals surface area (Å²) in [6.45, 7) is 3.28. The number of amides is 1. The van der Waals surface area contributed by atoms with Crippen LogP contribution in [0.4, 0.5) is 4.79 Å². The number of hydrogen-bond donors (Lipinski definition) is 4. The summed E-state index contributed by atoms with van der Waals surface area (Å²) in [7, 11) is 0. The van der Waals surface area contributed by atoms with Gasteiger partial charge in [0.2, 0.25) is 5.56 Å². The third-order valence-electron chi connectivity index (χ3n) is 11.5. The van der Waals surface area contributed by atoms with Crippen molar-refractivity contribution in [2.45, 2.75) is 63.6 Å². The van der Waals surface area contributed by atoms with Crippen LogP contribution in [0.25, 0.3) is 10.9 Å². The third kappa shape index (κ3) is 9.85. The number of aromatic amines is 1. The fraction of sp³-hybridized carbons (Fsp3) is 0.292. The van der Waals surface area contributed by atoms with Crippen LogP contribution in [0, 0.1) is 5.92 Å². The molecule has 6 aromatic rings. The van der Waals surface area contributed by atoms with Crippen LogP contribution in [-0.2, 0) is 29.1 Å². The molecule has 2 aromatic heterocycles. The molecule has 12 heteroatoms. The maximum Gasteiger partial charge on any atom is 0.408 e. The van der Waals surface area contributed by atoms with Gasteiger partial charge in [-0.2, -0.15) is 0 Å². The summed E-state index contributed by atoms with van der Waals surface area (Å²) in [6.07, 6.45) is 4.26. The minimum absolute atomic E-state index is 0.0461. The van der Waals surface area contributed by atoms with Gasteiger partial charge < -0.3 is 34.7 Å². The number of ether oxygens (including phenoxy) is 3. The number of aliphatic hydroxyl groups excluding tert-OH is 1. The molecule has 3 fully saturated rings. The largest absolute Gasteiger partial charge is 0.506 e. The molecule has 308 valence electrons. The van der Waals surface area contributed by atoms with Crippen molar-refractivity contribution in [1.29, 1.82) is 0 Å². The highest BCUT2D eigenvalue weighted by Crippen LogP contribution is 2.32. The van der Waals surface area contributed by atoms with Crippen LogP contribution in [0.5, 0.6) is 11.5 Å². The number of nitrogens with zero attached hydrogens (tertiary/aromatic N) is 2. The second-order valence-electron chi connectivity index (χ2n) is 15.6. The van der Waals surface area contributed by atoms with Gasteiger partial charge in [0.1, 0.15) is 30.8 Å². The summed E-state index contributed by atoms with van der Waals surface area (Å²) >= 11 is 0. The van der Waals surface area contributed by atoms with E-state index in [0.29, 0.717) is 53.0 Å². The Hall–Kier alpha value is -6.50. The molecule has 0 spiro atoms. The fourth-order valence-corrected chi connectivity index (χ4v) is 8.13. The number of benzene rings is 4. The maximum atomic E-state index is 13.2. The van der Waals surface area contributed by atoms with Crippen molar-refractivity contribution in [2.75, 3.05) is 19.6 Å². The van der Waals surface area contributed by atoms with E-state index in [1.807, 2.05) is 78.9 Å². The number of pyridine rings is 2. The number of esters is 1. The first-order valence-corrected chi connectivity index (χ1v) is 20.5. The normalized spacial score (nSPS) is 18.1. The highest BCUT2D eigenvalue weighted by Gasteiger charge is 2.37. The number of alkyl carbamates (subject to hydrolysis) is 1. The quantitative estimate of drug-likeness (QED) is 0.0763. The number of phenols is 1. The van der Waals surface area contributed by atoms with Gasteiger partial charge in [0.15, 0.2) is 0 Å². The second-order valence-corrected chi connectivity index (χ2v) is 15.6. The average molecular weight is 809 g/mol. The molecule has 3 atom stereocenters. The molecule has 2 bridgehead atoms. The van der Waals surface area contributed by atoms with E-state index < -0.39 is 24.2 Å². The molecule has 1 amide bonds. The van der Waals surface area contributed by atoms with Gasteiger partial charge in [-0.1, -0.05) is 66.7 Å². The monoisotopic (exact) mass is 808 g/mol. The van der Waals surface area contributed by atoms with E-state index in [-0.39, 0.29) is 30.6 Å². The molecule has 60 heavy (non-hydrogen) atoms. The van der Waals surface area contributed by atoms with Crippen LogP contribution in [0.1, 0.15) is 81.7 Å². The van der Waals surface area contributed by atoms with Crippen molar-refractivity contribution in [3.8, 4) is 11.5 Å². The van der Waals surface area contributed by atoms with E-state index in [2.05, 4.69) is 20.2 Å². The second kappa shape index (κ2) is 18.6. The zero-order chi connectivity index (χ0) is 41.4. The van der Waals surface area contributed by atoms with Crippen LogP contribution >= 0.6 is 0 Å². The summed E-state index contributed by atoms with van der Waals surface area (Å²) in [6, 6.07) is 34.0. The first-order valence-electron chi connectivity index (χ1n) is 20.5. The molecule has 0 aliphatic carbocycles. The number of carbonyl (C=O) groups excluding carboxylic acids is 2. The summed E-state index contributed by atoms with van der Waals surface area (Å²) in [5.74, 6) is 0.559. The SMILES string of the molecule is O=C(N[C@@H](c1ccccc1)c1cccc(OCc2ccc(C(=O)OCc3ccc(CCC[C@H](O)c4ccc(O)c5[nH]c(=O)ccc45)nc3)cc2)c1)O[C@H]1CN2CCC1CC2. The number of hydrogen-bond acceptors (Lipinski definition) is 10. The molecule has 9 rings (SSSR count). The predicted molar refractivity (Wildman–Crippen MR) is 226 cm³/mol. The Morgan fingerprint density at radius 2 is 1.65 bits per heavy atom. The van der Waals surface area contributed by atoms with Crippen molar-refractivity contribution < 1.29 is 34.0 Å². The molecule has 5 heterocycles. The van der Waals surface area contributed by atoms with Gasteiger partial charge in [-0.05, 0) is 116 Å². The van der Waals surface area contributed by atoms with E-state index in [4.69, 9.17) is 14.2 Å². The number of H-pyrrole nitrogens is 1. The number of aliphatic hydroxyl groups is 1. The summed E-state index contributed by atoms with van der Waals surface area (Å²) < 4.78 is 17.7. The minimum Gasteiger partial charge on any atom is -0.506 e. The van der Waals surface area contributed by atoms with Gasteiger partial charge in [0.25, 0.3) is 0 Å².